The number of nitrogens with one attached hydrogen (secondary N) is 1. The SMILES string of the molecule is Cc1ccc(NC(=O)c2cccc(C(=O)N3CCN(C=O)CC3)c2)cc1. The highest BCUT2D eigenvalue weighted by molar-refractivity contribution is 6.06. The second-order valence-corrected chi connectivity index (χ2v) is 6.33. The van der Waals surface area contributed by atoms with E-state index < -0.39 is 0 Å². The van der Waals surface area contributed by atoms with Crippen LogP contribution >= 0.6 is 0 Å². The standard InChI is InChI=1S/C20H21N3O3/c1-15-5-7-18(8-6-15)21-19(25)16-3-2-4-17(13-16)20(26)23-11-9-22(14-24)10-12-23/h2-8,13-14H,9-12H2,1H3,(H,21,25). The number of amides is 3. The van der Waals surface area contributed by atoms with Gasteiger partial charge in [-0.2, -0.15) is 0 Å². The van der Waals surface area contributed by atoms with E-state index in [0.29, 0.717) is 43.0 Å². The molecule has 0 saturated carbocycles. The van der Waals surface area contributed by atoms with E-state index in [0.717, 1.165) is 12.0 Å². The number of benzene rings is 2. The number of carbonyl (C=O) groups excluding carboxylic acids is 3. The van der Waals surface area contributed by atoms with E-state index >= 15 is 0 Å². The molecule has 0 radical (unpaired) electrons. The van der Waals surface area contributed by atoms with E-state index in [1.54, 1.807) is 34.1 Å². The Balaban J connectivity index is 1.69. The molecule has 2 aromatic rings. The van der Waals surface area contributed by atoms with Crippen LogP contribution in [0, 0.1) is 6.92 Å². The van der Waals surface area contributed by atoms with Gasteiger partial charge in [-0.3, -0.25) is 14.4 Å². The zero-order valence-electron chi connectivity index (χ0n) is 14.6. The van der Waals surface area contributed by atoms with Crippen LogP contribution in [0.15, 0.2) is 48.5 Å². The summed E-state index contributed by atoms with van der Waals surface area (Å²) in [6.45, 7) is 4.04. The van der Waals surface area contributed by atoms with E-state index in [4.69, 9.17) is 0 Å². The topological polar surface area (TPSA) is 69.7 Å². The van der Waals surface area contributed by atoms with E-state index in [1.165, 1.54) is 0 Å². The Morgan fingerprint density at radius 1 is 0.962 bits per heavy atom. The van der Waals surface area contributed by atoms with Crippen LogP contribution in [0.2, 0.25) is 0 Å². The summed E-state index contributed by atoms with van der Waals surface area (Å²) in [5, 5.41) is 2.84. The molecule has 1 fully saturated rings. The van der Waals surface area contributed by atoms with Crippen LogP contribution in [-0.4, -0.2) is 54.2 Å². The number of rotatable bonds is 4. The van der Waals surface area contributed by atoms with Gasteiger partial charge in [-0.15, -0.1) is 0 Å². The van der Waals surface area contributed by atoms with Gasteiger partial charge in [-0.1, -0.05) is 23.8 Å². The Labute approximate surface area is 152 Å². The summed E-state index contributed by atoms with van der Waals surface area (Å²) in [5.74, 6) is -0.380. The van der Waals surface area contributed by atoms with Crippen molar-refractivity contribution >= 4 is 23.9 Å². The summed E-state index contributed by atoms with van der Waals surface area (Å²) in [4.78, 5) is 39.2. The molecule has 0 atom stereocenters. The molecule has 1 heterocycles. The first-order valence-corrected chi connectivity index (χ1v) is 8.53. The van der Waals surface area contributed by atoms with Crippen molar-refractivity contribution in [3.8, 4) is 0 Å². The smallest absolute Gasteiger partial charge is 0.255 e. The highest BCUT2D eigenvalue weighted by Gasteiger charge is 2.22. The van der Waals surface area contributed by atoms with Crippen LogP contribution in [0.4, 0.5) is 5.69 Å². The van der Waals surface area contributed by atoms with Gasteiger partial charge in [0, 0.05) is 43.0 Å². The second-order valence-electron chi connectivity index (χ2n) is 6.33. The van der Waals surface area contributed by atoms with Crippen molar-refractivity contribution in [3.63, 3.8) is 0 Å². The summed E-state index contributed by atoms with van der Waals surface area (Å²) in [6.07, 6.45) is 0.803. The lowest BCUT2D eigenvalue weighted by Crippen LogP contribution is -2.48. The monoisotopic (exact) mass is 351 g/mol. The molecule has 0 unspecified atom stereocenters. The second kappa shape index (κ2) is 7.82. The van der Waals surface area contributed by atoms with Crippen molar-refractivity contribution in [1.82, 2.24) is 9.80 Å². The maximum atomic E-state index is 12.7. The van der Waals surface area contributed by atoms with Crippen molar-refractivity contribution < 1.29 is 14.4 Å². The molecule has 2 aromatic carbocycles. The predicted octanol–water partition coefficient (Wildman–Crippen LogP) is 2.16. The molecule has 3 amide bonds. The van der Waals surface area contributed by atoms with E-state index in [-0.39, 0.29) is 11.8 Å². The van der Waals surface area contributed by atoms with Gasteiger partial charge in [0.1, 0.15) is 0 Å². The lowest BCUT2D eigenvalue weighted by molar-refractivity contribution is -0.119. The van der Waals surface area contributed by atoms with Crippen molar-refractivity contribution in [2.24, 2.45) is 0 Å². The van der Waals surface area contributed by atoms with Crippen molar-refractivity contribution in [1.29, 1.82) is 0 Å². The lowest BCUT2D eigenvalue weighted by atomic mass is 10.1. The molecule has 1 saturated heterocycles. The minimum atomic E-state index is -0.255. The van der Waals surface area contributed by atoms with Crippen LogP contribution in [0.5, 0.6) is 0 Å². The van der Waals surface area contributed by atoms with Gasteiger partial charge in [0.05, 0.1) is 0 Å². The van der Waals surface area contributed by atoms with Crippen LogP contribution in [0.25, 0.3) is 0 Å². The summed E-state index contributed by atoms with van der Waals surface area (Å²) < 4.78 is 0. The molecule has 134 valence electrons. The summed E-state index contributed by atoms with van der Waals surface area (Å²) in [7, 11) is 0. The molecule has 1 N–H and O–H groups in total. The predicted molar refractivity (Wildman–Crippen MR) is 99.1 cm³/mol. The zero-order chi connectivity index (χ0) is 18.5. The maximum Gasteiger partial charge on any atom is 0.255 e. The molecular formula is C20H21N3O3. The fourth-order valence-electron chi connectivity index (χ4n) is 2.85. The zero-order valence-corrected chi connectivity index (χ0v) is 14.6. The molecule has 0 spiro atoms. The third-order valence-corrected chi connectivity index (χ3v) is 4.43. The van der Waals surface area contributed by atoms with Gasteiger partial charge in [0.15, 0.2) is 0 Å². The average molecular weight is 351 g/mol. The Morgan fingerprint density at radius 3 is 2.27 bits per heavy atom. The van der Waals surface area contributed by atoms with Crippen LogP contribution in [0.3, 0.4) is 0 Å². The Hall–Kier alpha value is -3.15. The minimum absolute atomic E-state index is 0.125. The first-order valence-electron chi connectivity index (χ1n) is 8.53. The van der Waals surface area contributed by atoms with Gasteiger partial charge in [0.25, 0.3) is 11.8 Å². The molecular weight excluding hydrogens is 330 g/mol. The Bertz CT molecular complexity index is 809. The highest BCUT2D eigenvalue weighted by atomic mass is 16.2. The van der Waals surface area contributed by atoms with Gasteiger partial charge < -0.3 is 15.1 Å². The van der Waals surface area contributed by atoms with Crippen molar-refractivity contribution in [2.75, 3.05) is 31.5 Å². The van der Waals surface area contributed by atoms with Crippen LogP contribution in [-0.2, 0) is 4.79 Å². The molecule has 1 aliphatic heterocycles. The van der Waals surface area contributed by atoms with Crippen molar-refractivity contribution in [2.45, 2.75) is 6.92 Å². The summed E-state index contributed by atoms with van der Waals surface area (Å²) >= 11 is 0. The number of anilines is 1. The number of nitrogens with zero attached hydrogens (tertiary/aromatic N) is 2. The highest BCUT2D eigenvalue weighted by Crippen LogP contribution is 2.14. The summed E-state index contributed by atoms with van der Waals surface area (Å²) in [5.41, 5.74) is 2.73. The Kier molecular flexibility index (Phi) is 5.31. The van der Waals surface area contributed by atoms with E-state index in [1.807, 2.05) is 31.2 Å². The molecule has 0 aliphatic carbocycles. The Morgan fingerprint density at radius 2 is 1.62 bits per heavy atom. The molecule has 6 heteroatoms. The number of piperazine rings is 1. The van der Waals surface area contributed by atoms with E-state index in [2.05, 4.69) is 5.32 Å². The maximum absolute atomic E-state index is 12.7. The van der Waals surface area contributed by atoms with Gasteiger partial charge >= 0.3 is 0 Å². The van der Waals surface area contributed by atoms with Crippen LogP contribution < -0.4 is 5.32 Å². The molecule has 1 aliphatic rings. The molecule has 26 heavy (non-hydrogen) atoms. The fraction of sp³-hybridized carbons (Fsp3) is 0.250. The van der Waals surface area contributed by atoms with Gasteiger partial charge in [-0.25, -0.2) is 0 Å². The normalized spacial score (nSPS) is 14.0. The minimum Gasteiger partial charge on any atom is -0.342 e. The molecule has 6 nitrogen and oxygen atoms in total. The summed E-state index contributed by atoms with van der Waals surface area (Å²) in [6, 6.07) is 14.2. The fourth-order valence-corrected chi connectivity index (χ4v) is 2.85. The number of aryl methyl sites for hydroxylation is 1. The van der Waals surface area contributed by atoms with Crippen LogP contribution in [0.1, 0.15) is 26.3 Å². The quantitative estimate of drug-likeness (QED) is 0.858. The number of carbonyl (C=O) groups is 3. The first kappa shape index (κ1) is 17.7. The number of hydrogen-bond acceptors (Lipinski definition) is 3. The lowest BCUT2D eigenvalue weighted by Gasteiger charge is -2.32. The molecule has 0 aromatic heterocycles. The van der Waals surface area contributed by atoms with E-state index in [9.17, 15) is 14.4 Å². The third kappa shape index (κ3) is 4.08. The van der Waals surface area contributed by atoms with Gasteiger partial charge in [0.2, 0.25) is 6.41 Å². The van der Waals surface area contributed by atoms with Gasteiger partial charge in [-0.05, 0) is 37.3 Å². The molecule has 0 bridgehead atoms. The first-order chi connectivity index (χ1) is 12.6. The largest absolute Gasteiger partial charge is 0.342 e. The average Bonchev–Trinajstić information content (AvgIpc) is 2.69. The number of hydrogen-bond donors (Lipinski definition) is 1. The van der Waals surface area contributed by atoms with Crippen molar-refractivity contribution in [3.05, 3.63) is 65.2 Å². The third-order valence-electron chi connectivity index (χ3n) is 4.43. The molecule has 3 rings (SSSR count).